The molecule has 1 aromatic carbocycles. The molecule has 1 saturated heterocycles. The van der Waals surface area contributed by atoms with Crippen LogP contribution in [0.25, 0.3) is 10.9 Å². The maximum Gasteiger partial charge on any atom is 0.254 e. The minimum Gasteiger partial charge on any atom is -0.377 e. The van der Waals surface area contributed by atoms with Gasteiger partial charge in [0.05, 0.1) is 24.8 Å². The number of fused-ring (bicyclic) bond motifs is 1. The number of piperazine rings is 1. The number of hydrogen-bond donors (Lipinski definition) is 2. The number of nitrogens with one attached hydrogen (secondary N) is 2. The number of aromatic nitrogens is 1. The van der Waals surface area contributed by atoms with Crippen molar-refractivity contribution in [2.24, 2.45) is 5.92 Å². The maximum atomic E-state index is 13.4. The average molecular weight is 486 g/mol. The highest BCUT2D eigenvalue weighted by atomic mass is 16.5. The second kappa shape index (κ2) is 9.67. The Morgan fingerprint density at radius 2 is 2.03 bits per heavy atom. The molecule has 4 heterocycles. The van der Waals surface area contributed by atoms with Crippen molar-refractivity contribution in [2.45, 2.75) is 57.5 Å². The van der Waals surface area contributed by atoms with Crippen molar-refractivity contribution >= 4 is 16.8 Å². The van der Waals surface area contributed by atoms with E-state index in [1.807, 2.05) is 35.4 Å². The smallest absolute Gasteiger partial charge is 0.254 e. The first-order valence-corrected chi connectivity index (χ1v) is 13.5. The van der Waals surface area contributed by atoms with E-state index in [0.29, 0.717) is 38.8 Å². The molecule has 188 valence electrons. The van der Waals surface area contributed by atoms with Gasteiger partial charge >= 0.3 is 0 Å². The molecule has 1 amide bonds. The summed E-state index contributed by atoms with van der Waals surface area (Å²) in [6.45, 7) is 5.49. The number of dihydropyridines is 1. The highest BCUT2D eigenvalue weighted by molar-refractivity contribution is 5.98. The normalized spacial score (nSPS) is 25.6. The Balaban J connectivity index is 1.24. The van der Waals surface area contributed by atoms with E-state index in [2.05, 4.69) is 28.2 Å². The number of nitrogens with zero attached hydrogens (tertiary/aromatic N) is 3. The van der Waals surface area contributed by atoms with Crippen molar-refractivity contribution in [1.82, 2.24) is 20.1 Å². The third kappa shape index (κ3) is 4.08. The lowest BCUT2D eigenvalue weighted by Crippen LogP contribution is -2.57. The van der Waals surface area contributed by atoms with Gasteiger partial charge in [-0.3, -0.25) is 4.79 Å². The van der Waals surface area contributed by atoms with Crippen LogP contribution in [0.1, 0.15) is 55.8 Å². The minimum atomic E-state index is 0.0422. The largest absolute Gasteiger partial charge is 0.377 e. The lowest BCUT2D eigenvalue weighted by atomic mass is 9.76. The Labute approximate surface area is 212 Å². The molecule has 2 unspecified atom stereocenters. The molecular formula is C29H35N5O2. The summed E-state index contributed by atoms with van der Waals surface area (Å²) in [4.78, 5) is 20.9. The number of amides is 1. The van der Waals surface area contributed by atoms with Gasteiger partial charge in [0.25, 0.3) is 5.91 Å². The van der Waals surface area contributed by atoms with Crippen molar-refractivity contribution < 1.29 is 9.53 Å². The van der Waals surface area contributed by atoms with Gasteiger partial charge in [-0.1, -0.05) is 19.3 Å². The summed E-state index contributed by atoms with van der Waals surface area (Å²) in [5.74, 6) is 1.64. The minimum absolute atomic E-state index is 0.0422. The number of H-pyrrole nitrogens is 1. The number of carbonyl (C=O) groups is 1. The highest BCUT2D eigenvalue weighted by Gasteiger charge is 2.39. The van der Waals surface area contributed by atoms with Crippen LogP contribution in [0.5, 0.6) is 0 Å². The third-order valence-corrected chi connectivity index (χ3v) is 8.59. The molecule has 4 aliphatic rings. The predicted molar refractivity (Wildman–Crippen MR) is 139 cm³/mol. The SMILES string of the molecule is CC1CN(C2=C(C#N)C3=C(COCC3)C(C3CCCCC3)N2)CCN1C(=O)c1ccc2[nH]ccc2c1. The van der Waals surface area contributed by atoms with Crippen LogP contribution in [0.3, 0.4) is 0 Å². The number of aromatic amines is 1. The quantitative estimate of drug-likeness (QED) is 0.677. The number of benzene rings is 1. The number of allylic oxidation sites excluding steroid dienone is 1. The predicted octanol–water partition coefficient (Wildman–Crippen LogP) is 4.32. The number of ether oxygens (including phenoxy) is 1. The zero-order valence-electron chi connectivity index (χ0n) is 21.1. The molecule has 36 heavy (non-hydrogen) atoms. The molecular weight excluding hydrogens is 450 g/mol. The van der Waals surface area contributed by atoms with E-state index in [1.165, 1.54) is 43.3 Å². The standard InChI is InChI=1S/C29H35N5O2/c1-19-17-33(12-13-34(19)29(35)22-7-8-26-21(15-22)9-11-31-26)28-24(16-30)23-10-14-36-18-25(23)27(32-28)20-5-3-2-4-6-20/h7-9,11,15,19-20,27,31-32H,2-6,10,12-14,17-18H2,1H3. The van der Waals surface area contributed by atoms with Gasteiger partial charge in [0.2, 0.25) is 0 Å². The molecule has 7 nitrogen and oxygen atoms in total. The summed E-state index contributed by atoms with van der Waals surface area (Å²) >= 11 is 0. The molecule has 3 aliphatic heterocycles. The number of carbonyl (C=O) groups excluding carboxylic acids is 1. The van der Waals surface area contributed by atoms with Gasteiger partial charge < -0.3 is 24.8 Å². The molecule has 1 aliphatic carbocycles. The van der Waals surface area contributed by atoms with Crippen LogP contribution in [0, 0.1) is 17.2 Å². The number of hydrogen-bond acceptors (Lipinski definition) is 5. The van der Waals surface area contributed by atoms with E-state index in [1.54, 1.807) is 0 Å². The fourth-order valence-electron chi connectivity index (χ4n) is 6.67. The van der Waals surface area contributed by atoms with Gasteiger partial charge in [-0.2, -0.15) is 5.26 Å². The summed E-state index contributed by atoms with van der Waals surface area (Å²) in [5, 5.41) is 15.1. The summed E-state index contributed by atoms with van der Waals surface area (Å²) in [6.07, 6.45) is 9.05. The van der Waals surface area contributed by atoms with Crippen LogP contribution in [0.4, 0.5) is 0 Å². The van der Waals surface area contributed by atoms with Crippen molar-refractivity contribution in [1.29, 1.82) is 5.26 Å². The van der Waals surface area contributed by atoms with Crippen LogP contribution in [0.2, 0.25) is 0 Å². The molecule has 0 spiro atoms. The molecule has 1 saturated carbocycles. The zero-order chi connectivity index (χ0) is 24.6. The Morgan fingerprint density at radius 1 is 1.17 bits per heavy atom. The Bertz CT molecular complexity index is 1260. The summed E-state index contributed by atoms with van der Waals surface area (Å²) in [6, 6.07) is 10.7. The van der Waals surface area contributed by atoms with Gasteiger partial charge in [0.1, 0.15) is 11.9 Å². The Kier molecular flexibility index (Phi) is 6.22. The molecule has 0 radical (unpaired) electrons. The molecule has 2 fully saturated rings. The summed E-state index contributed by atoms with van der Waals surface area (Å²) in [7, 11) is 0. The molecule has 1 aromatic heterocycles. The zero-order valence-corrected chi connectivity index (χ0v) is 21.1. The van der Waals surface area contributed by atoms with Gasteiger partial charge in [0.15, 0.2) is 0 Å². The van der Waals surface area contributed by atoms with Gasteiger partial charge in [-0.05, 0) is 67.5 Å². The van der Waals surface area contributed by atoms with E-state index in [4.69, 9.17) is 4.74 Å². The van der Waals surface area contributed by atoms with E-state index in [-0.39, 0.29) is 18.0 Å². The van der Waals surface area contributed by atoms with E-state index >= 15 is 0 Å². The van der Waals surface area contributed by atoms with Crippen LogP contribution >= 0.6 is 0 Å². The molecule has 2 atom stereocenters. The first-order chi connectivity index (χ1) is 17.6. The molecule has 6 rings (SSSR count). The summed E-state index contributed by atoms with van der Waals surface area (Å²) in [5.41, 5.74) is 5.06. The lowest BCUT2D eigenvalue weighted by Gasteiger charge is -2.46. The van der Waals surface area contributed by atoms with Crippen molar-refractivity contribution in [3.05, 3.63) is 58.6 Å². The average Bonchev–Trinajstić information content (AvgIpc) is 3.40. The Hall–Kier alpha value is -3.24. The monoisotopic (exact) mass is 485 g/mol. The van der Waals surface area contributed by atoms with Crippen molar-refractivity contribution in [3.8, 4) is 6.07 Å². The second-order valence-electron chi connectivity index (χ2n) is 10.7. The first-order valence-electron chi connectivity index (χ1n) is 13.5. The van der Waals surface area contributed by atoms with E-state index < -0.39 is 0 Å². The maximum absolute atomic E-state index is 13.4. The summed E-state index contributed by atoms with van der Waals surface area (Å²) < 4.78 is 5.87. The number of rotatable bonds is 3. The molecule has 2 aromatic rings. The van der Waals surface area contributed by atoms with E-state index in [0.717, 1.165) is 34.3 Å². The first kappa shape index (κ1) is 23.2. The lowest BCUT2D eigenvalue weighted by molar-refractivity contribution is 0.0521. The van der Waals surface area contributed by atoms with Gasteiger partial charge in [-0.15, -0.1) is 0 Å². The van der Waals surface area contributed by atoms with Crippen LogP contribution in [0.15, 0.2) is 53.0 Å². The van der Waals surface area contributed by atoms with E-state index in [9.17, 15) is 10.1 Å². The topological polar surface area (TPSA) is 84.4 Å². The fraction of sp³-hybridized carbons (Fsp3) is 0.517. The Morgan fingerprint density at radius 3 is 2.83 bits per heavy atom. The van der Waals surface area contributed by atoms with Gasteiger partial charge in [0, 0.05) is 48.3 Å². The third-order valence-electron chi connectivity index (χ3n) is 8.59. The van der Waals surface area contributed by atoms with Gasteiger partial charge in [-0.25, -0.2) is 0 Å². The van der Waals surface area contributed by atoms with Crippen LogP contribution in [-0.4, -0.2) is 65.6 Å². The molecule has 2 N–H and O–H groups in total. The van der Waals surface area contributed by atoms with Crippen LogP contribution < -0.4 is 5.32 Å². The number of nitriles is 1. The van der Waals surface area contributed by atoms with Crippen LogP contribution in [-0.2, 0) is 4.74 Å². The second-order valence-corrected chi connectivity index (χ2v) is 10.7. The highest BCUT2D eigenvalue weighted by Crippen LogP contribution is 2.39. The molecule has 7 heteroatoms. The fourth-order valence-corrected chi connectivity index (χ4v) is 6.67. The molecule has 0 bridgehead atoms. The van der Waals surface area contributed by atoms with Crippen molar-refractivity contribution in [3.63, 3.8) is 0 Å². The van der Waals surface area contributed by atoms with Crippen molar-refractivity contribution in [2.75, 3.05) is 32.8 Å².